The summed E-state index contributed by atoms with van der Waals surface area (Å²) < 4.78 is 5.43. The minimum atomic E-state index is -0.255. The molecule has 1 aromatic rings. The summed E-state index contributed by atoms with van der Waals surface area (Å²) in [4.78, 5) is 0. The molecule has 0 aromatic heterocycles. The maximum Gasteiger partial charge on any atom is 0.115 e. The molecule has 1 heterocycles. The zero-order valence-electron chi connectivity index (χ0n) is 8.44. The average molecular weight is 192 g/mol. The smallest absolute Gasteiger partial charge is 0.115 e. The third-order valence-electron chi connectivity index (χ3n) is 2.89. The Balaban J connectivity index is 1.80. The molecule has 0 bridgehead atoms. The van der Waals surface area contributed by atoms with Gasteiger partial charge in [-0.2, -0.15) is 0 Å². The quantitative estimate of drug-likeness (QED) is 0.737. The van der Waals surface area contributed by atoms with Gasteiger partial charge in [0.1, 0.15) is 5.60 Å². The summed E-state index contributed by atoms with van der Waals surface area (Å²) in [6.45, 7) is 2.09. The van der Waals surface area contributed by atoms with E-state index in [0.717, 1.165) is 12.8 Å². The van der Waals surface area contributed by atoms with E-state index in [1.165, 1.54) is 5.56 Å². The van der Waals surface area contributed by atoms with E-state index in [-0.39, 0.29) is 18.3 Å². The number of hydrogen-bond acceptors (Lipinski definition) is 2. The standard InChI is InChI=1S/C12H16O2/c1-12(9-13)11(14-12)8-7-10-5-3-2-4-6-10/h2-6,11,13H,7-9H2,1H3/t11-,12-/m0/s1. The van der Waals surface area contributed by atoms with Crippen molar-refractivity contribution in [2.45, 2.75) is 31.5 Å². The molecule has 1 aliphatic rings. The number of ether oxygens (including phenoxy) is 1. The highest BCUT2D eigenvalue weighted by Gasteiger charge is 2.50. The predicted octanol–water partition coefficient (Wildman–Crippen LogP) is 1.77. The van der Waals surface area contributed by atoms with Gasteiger partial charge in [-0.15, -0.1) is 0 Å². The van der Waals surface area contributed by atoms with Crippen LogP contribution in [0.25, 0.3) is 0 Å². The molecule has 14 heavy (non-hydrogen) atoms. The van der Waals surface area contributed by atoms with E-state index >= 15 is 0 Å². The van der Waals surface area contributed by atoms with Crippen molar-refractivity contribution in [2.75, 3.05) is 6.61 Å². The SMILES string of the molecule is C[C@@]1(CO)O[C@H]1CCc1ccccc1. The van der Waals surface area contributed by atoms with E-state index < -0.39 is 0 Å². The fourth-order valence-electron chi connectivity index (χ4n) is 1.74. The summed E-state index contributed by atoms with van der Waals surface area (Å²) >= 11 is 0. The van der Waals surface area contributed by atoms with Gasteiger partial charge in [-0.05, 0) is 25.3 Å². The normalized spacial score (nSPS) is 30.3. The summed E-state index contributed by atoms with van der Waals surface area (Å²) in [7, 11) is 0. The van der Waals surface area contributed by atoms with Gasteiger partial charge in [-0.1, -0.05) is 30.3 Å². The molecule has 2 rings (SSSR count). The van der Waals surface area contributed by atoms with E-state index in [1.54, 1.807) is 0 Å². The maximum atomic E-state index is 9.01. The Kier molecular flexibility index (Phi) is 2.57. The van der Waals surface area contributed by atoms with Crippen LogP contribution in [0.2, 0.25) is 0 Å². The summed E-state index contributed by atoms with van der Waals surface area (Å²) in [6.07, 6.45) is 2.27. The Morgan fingerprint density at radius 1 is 1.36 bits per heavy atom. The fraction of sp³-hybridized carbons (Fsp3) is 0.500. The van der Waals surface area contributed by atoms with Crippen LogP contribution in [-0.2, 0) is 11.2 Å². The first-order valence-electron chi connectivity index (χ1n) is 5.07. The monoisotopic (exact) mass is 192 g/mol. The Bertz CT molecular complexity index is 296. The second-order valence-electron chi connectivity index (χ2n) is 4.10. The number of benzene rings is 1. The molecule has 1 aliphatic heterocycles. The minimum absolute atomic E-state index is 0.131. The van der Waals surface area contributed by atoms with Crippen molar-refractivity contribution in [3.05, 3.63) is 35.9 Å². The average Bonchev–Trinajstić information content (AvgIpc) is 2.90. The van der Waals surface area contributed by atoms with Crippen LogP contribution in [-0.4, -0.2) is 23.4 Å². The third kappa shape index (κ3) is 1.97. The molecule has 2 nitrogen and oxygen atoms in total. The molecule has 0 saturated carbocycles. The topological polar surface area (TPSA) is 32.8 Å². The minimum Gasteiger partial charge on any atom is -0.393 e. The van der Waals surface area contributed by atoms with Crippen LogP contribution in [0.15, 0.2) is 30.3 Å². The highest BCUT2D eigenvalue weighted by molar-refractivity contribution is 5.15. The van der Waals surface area contributed by atoms with Gasteiger partial charge in [0.15, 0.2) is 0 Å². The molecule has 1 saturated heterocycles. The summed E-state index contributed by atoms with van der Waals surface area (Å²) in [6, 6.07) is 10.4. The molecule has 1 fully saturated rings. The van der Waals surface area contributed by atoms with E-state index in [2.05, 4.69) is 12.1 Å². The van der Waals surface area contributed by atoms with Crippen LogP contribution < -0.4 is 0 Å². The number of aliphatic hydroxyl groups excluding tert-OH is 1. The zero-order chi connectivity index (χ0) is 10.0. The van der Waals surface area contributed by atoms with Crippen LogP contribution >= 0.6 is 0 Å². The second kappa shape index (κ2) is 3.71. The van der Waals surface area contributed by atoms with Crippen LogP contribution in [0.4, 0.5) is 0 Å². The van der Waals surface area contributed by atoms with Gasteiger partial charge in [-0.25, -0.2) is 0 Å². The van der Waals surface area contributed by atoms with Crippen molar-refractivity contribution in [2.24, 2.45) is 0 Å². The second-order valence-corrected chi connectivity index (χ2v) is 4.10. The van der Waals surface area contributed by atoms with Crippen molar-refractivity contribution < 1.29 is 9.84 Å². The molecule has 1 N–H and O–H groups in total. The van der Waals surface area contributed by atoms with Crippen LogP contribution in [0.3, 0.4) is 0 Å². The number of epoxide rings is 1. The van der Waals surface area contributed by atoms with Gasteiger partial charge in [0.25, 0.3) is 0 Å². The molecule has 0 amide bonds. The van der Waals surface area contributed by atoms with Gasteiger partial charge < -0.3 is 9.84 Å². The molecule has 0 spiro atoms. The predicted molar refractivity (Wildman–Crippen MR) is 55.1 cm³/mol. The Morgan fingerprint density at radius 3 is 2.64 bits per heavy atom. The van der Waals surface area contributed by atoms with Gasteiger partial charge in [-0.3, -0.25) is 0 Å². The number of hydrogen-bond donors (Lipinski definition) is 1. The molecule has 0 unspecified atom stereocenters. The first-order valence-corrected chi connectivity index (χ1v) is 5.07. The molecular weight excluding hydrogens is 176 g/mol. The number of aryl methyl sites for hydroxylation is 1. The van der Waals surface area contributed by atoms with Crippen molar-refractivity contribution in [3.63, 3.8) is 0 Å². The molecular formula is C12H16O2. The molecule has 0 aliphatic carbocycles. The highest BCUT2D eigenvalue weighted by Crippen LogP contribution is 2.38. The lowest BCUT2D eigenvalue weighted by Crippen LogP contribution is -2.15. The lowest BCUT2D eigenvalue weighted by atomic mass is 10.0. The Morgan fingerprint density at radius 2 is 2.07 bits per heavy atom. The van der Waals surface area contributed by atoms with Gasteiger partial charge in [0, 0.05) is 0 Å². The van der Waals surface area contributed by atoms with Gasteiger partial charge in [0.05, 0.1) is 12.7 Å². The fourth-order valence-corrected chi connectivity index (χ4v) is 1.74. The van der Waals surface area contributed by atoms with Crippen LogP contribution in [0.1, 0.15) is 18.9 Å². The Labute approximate surface area is 84.5 Å². The molecule has 1 aromatic carbocycles. The zero-order valence-corrected chi connectivity index (χ0v) is 8.44. The lowest BCUT2D eigenvalue weighted by Gasteiger charge is -2.01. The molecule has 0 radical (unpaired) electrons. The van der Waals surface area contributed by atoms with Gasteiger partial charge in [0.2, 0.25) is 0 Å². The van der Waals surface area contributed by atoms with Crippen molar-refractivity contribution in [3.8, 4) is 0 Å². The number of aliphatic hydroxyl groups is 1. The van der Waals surface area contributed by atoms with Gasteiger partial charge >= 0.3 is 0 Å². The molecule has 2 heteroatoms. The third-order valence-corrected chi connectivity index (χ3v) is 2.89. The first-order chi connectivity index (χ1) is 6.74. The summed E-state index contributed by atoms with van der Waals surface area (Å²) in [5, 5.41) is 9.01. The summed E-state index contributed by atoms with van der Waals surface area (Å²) in [5.74, 6) is 0. The number of rotatable bonds is 4. The van der Waals surface area contributed by atoms with Crippen molar-refractivity contribution >= 4 is 0 Å². The molecule has 2 atom stereocenters. The van der Waals surface area contributed by atoms with E-state index in [4.69, 9.17) is 9.84 Å². The van der Waals surface area contributed by atoms with Crippen molar-refractivity contribution in [1.82, 2.24) is 0 Å². The largest absolute Gasteiger partial charge is 0.393 e. The molecule has 76 valence electrons. The lowest BCUT2D eigenvalue weighted by molar-refractivity contribution is 0.184. The van der Waals surface area contributed by atoms with Crippen LogP contribution in [0, 0.1) is 0 Å². The Hall–Kier alpha value is -0.860. The first kappa shape index (κ1) is 9.69. The summed E-state index contributed by atoms with van der Waals surface area (Å²) in [5.41, 5.74) is 1.08. The highest BCUT2D eigenvalue weighted by atomic mass is 16.6. The van der Waals surface area contributed by atoms with Crippen molar-refractivity contribution in [1.29, 1.82) is 0 Å². The van der Waals surface area contributed by atoms with E-state index in [0.29, 0.717) is 0 Å². The van der Waals surface area contributed by atoms with E-state index in [9.17, 15) is 0 Å². The van der Waals surface area contributed by atoms with E-state index in [1.807, 2.05) is 25.1 Å². The maximum absolute atomic E-state index is 9.01. The van der Waals surface area contributed by atoms with Crippen LogP contribution in [0.5, 0.6) is 0 Å².